The highest BCUT2D eigenvalue weighted by molar-refractivity contribution is 6.09. The SMILES string of the molecule is COC(=O)C1=C(Nc2cccc3n[nH]nc23)C(=O)N(CCO)C1. The van der Waals surface area contributed by atoms with Gasteiger partial charge >= 0.3 is 5.97 Å². The number of methoxy groups -OCH3 is 1. The van der Waals surface area contributed by atoms with Gasteiger partial charge in [0, 0.05) is 6.54 Å². The number of hydrogen-bond acceptors (Lipinski definition) is 7. The molecule has 23 heavy (non-hydrogen) atoms. The van der Waals surface area contributed by atoms with E-state index >= 15 is 0 Å². The first-order valence-corrected chi connectivity index (χ1v) is 6.93. The quantitative estimate of drug-likeness (QED) is 0.643. The van der Waals surface area contributed by atoms with Gasteiger partial charge in [0.1, 0.15) is 16.7 Å². The molecule has 9 nitrogen and oxygen atoms in total. The number of anilines is 1. The zero-order valence-electron chi connectivity index (χ0n) is 12.4. The van der Waals surface area contributed by atoms with E-state index in [1.54, 1.807) is 18.2 Å². The van der Waals surface area contributed by atoms with Crippen LogP contribution < -0.4 is 5.32 Å². The number of carbonyl (C=O) groups is 2. The Morgan fingerprint density at radius 1 is 1.48 bits per heavy atom. The largest absolute Gasteiger partial charge is 0.466 e. The molecule has 1 aromatic heterocycles. The fraction of sp³-hybridized carbons (Fsp3) is 0.286. The Morgan fingerprint density at radius 2 is 2.30 bits per heavy atom. The van der Waals surface area contributed by atoms with Gasteiger partial charge in [0.25, 0.3) is 5.91 Å². The van der Waals surface area contributed by atoms with E-state index in [1.807, 2.05) is 0 Å². The number of para-hydroxylation sites is 1. The van der Waals surface area contributed by atoms with Crippen LogP contribution in [0.2, 0.25) is 0 Å². The minimum absolute atomic E-state index is 0.0865. The van der Waals surface area contributed by atoms with E-state index in [0.717, 1.165) is 0 Å². The van der Waals surface area contributed by atoms with Crippen molar-refractivity contribution in [2.75, 3.05) is 32.1 Å². The summed E-state index contributed by atoms with van der Waals surface area (Å²) in [4.78, 5) is 25.7. The number of ether oxygens (including phenoxy) is 1. The van der Waals surface area contributed by atoms with Crippen molar-refractivity contribution in [2.45, 2.75) is 0 Å². The van der Waals surface area contributed by atoms with Crippen molar-refractivity contribution in [3.8, 4) is 0 Å². The summed E-state index contributed by atoms with van der Waals surface area (Å²) in [6.45, 7) is 0.0359. The van der Waals surface area contributed by atoms with Gasteiger partial charge in [-0.15, -0.1) is 0 Å². The first-order valence-electron chi connectivity index (χ1n) is 6.93. The monoisotopic (exact) mass is 317 g/mol. The molecular formula is C14H15N5O4. The fourth-order valence-corrected chi connectivity index (χ4v) is 2.45. The number of aromatic nitrogens is 3. The molecule has 1 aliphatic heterocycles. The second kappa shape index (κ2) is 6.05. The maximum Gasteiger partial charge on any atom is 0.337 e. The number of rotatable bonds is 5. The summed E-state index contributed by atoms with van der Waals surface area (Å²) in [5.74, 6) is -0.964. The Bertz CT molecular complexity index is 797. The number of aromatic amines is 1. The van der Waals surface area contributed by atoms with E-state index < -0.39 is 5.97 Å². The molecule has 1 amide bonds. The highest BCUT2D eigenvalue weighted by Gasteiger charge is 2.34. The molecule has 2 heterocycles. The molecule has 0 unspecified atom stereocenters. The van der Waals surface area contributed by atoms with E-state index in [9.17, 15) is 9.59 Å². The van der Waals surface area contributed by atoms with Crippen molar-refractivity contribution in [1.82, 2.24) is 20.3 Å². The van der Waals surface area contributed by atoms with Crippen molar-refractivity contribution in [2.24, 2.45) is 0 Å². The summed E-state index contributed by atoms with van der Waals surface area (Å²) in [7, 11) is 1.25. The van der Waals surface area contributed by atoms with Crippen molar-refractivity contribution < 1.29 is 19.4 Å². The van der Waals surface area contributed by atoms with Crippen LogP contribution in [0.5, 0.6) is 0 Å². The van der Waals surface area contributed by atoms with Gasteiger partial charge < -0.3 is 20.1 Å². The summed E-state index contributed by atoms with van der Waals surface area (Å²) < 4.78 is 4.74. The summed E-state index contributed by atoms with van der Waals surface area (Å²) in [5, 5.41) is 22.5. The number of nitrogens with one attached hydrogen (secondary N) is 2. The summed E-state index contributed by atoms with van der Waals surface area (Å²) in [5.41, 5.74) is 2.07. The topological polar surface area (TPSA) is 120 Å². The van der Waals surface area contributed by atoms with Crippen LogP contribution in [0, 0.1) is 0 Å². The van der Waals surface area contributed by atoms with Gasteiger partial charge in [0.2, 0.25) is 0 Å². The predicted octanol–water partition coefficient (Wildman–Crippen LogP) is -0.369. The molecule has 120 valence electrons. The molecule has 0 saturated carbocycles. The van der Waals surface area contributed by atoms with E-state index in [4.69, 9.17) is 9.84 Å². The average molecular weight is 317 g/mol. The molecule has 3 rings (SSSR count). The fourth-order valence-electron chi connectivity index (χ4n) is 2.45. The molecule has 0 fully saturated rings. The number of aliphatic hydroxyl groups is 1. The van der Waals surface area contributed by atoms with E-state index in [-0.39, 0.29) is 36.9 Å². The van der Waals surface area contributed by atoms with Crippen molar-refractivity contribution in [1.29, 1.82) is 0 Å². The van der Waals surface area contributed by atoms with Gasteiger partial charge in [-0.2, -0.15) is 15.4 Å². The molecule has 0 bridgehead atoms. The van der Waals surface area contributed by atoms with Gasteiger partial charge in [-0.1, -0.05) is 6.07 Å². The zero-order chi connectivity index (χ0) is 16.4. The maximum atomic E-state index is 12.4. The number of aliphatic hydroxyl groups excluding tert-OH is 1. The van der Waals surface area contributed by atoms with Crippen molar-refractivity contribution >= 4 is 28.6 Å². The summed E-state index contributed by atoms with van der Waals surface area (Å²) >= 11 is 0. The van der Waals surface area contributed by atoms with Gasteiger partial charge in [-0.25, -0.2) is 4.79 Å². The van der Waals surface area contributed by atoms with Crippen LogP contribution in [-0.2, 0) is 14.3 Å². The molecule has 2 aromatic rings. The van der Waals surface area contributed by atoms with Gasteiger partial charge in [0.05, 0.1) is 31.5 Å². The van der Waals surface area contributed by atoms with Gasteiger partial charge in [0.15, 0.2) is 0 Å². The standard InChI is InChI=1S/C14H15N5O4/c1-23-14(22)8-7-19(5-6-20)13(21)11(8)15-9-3-2-4-10-12(9)17-18-16-10/h2-4,15,20H,5-7H2,1H3,(H,16,17,18). The lowest BCUT2D eigenvalue weighted by Crippen LogP contribution is -2.31. The minimum Gasteiger partial charge on any atom is -0.466 e. The lowest BCUT2D eigenvalue weighted by Gasteiger charge is -2.15. The lowest BCUT2D eigenvalue weighted by atomic mass is 10.2. The molecule has 0 spiro atoms. The second-order valence-electron chi connectivity index (χ2n) is 4.92. The van der Waals surface area contributed by atoms with E-state index in [2.05, 4.69) is 20.7 Å². The van der Waals surface area contributed by atoms with Crippen molar-refractivity contribution in [3.63, 3.8) is 0 Å². The Balaban J connectivity index is 1.98. The molecule has 9 heteroatoms. The molecule has 0 radical (unpaired) electrons. The van der Waals surface area contributed by atoms with Gasteiger partial charge in [-0.3, -0.25) is 4.79 Å². The lowest BCUT2D eigenvalue weighted by molar-refractivity contribution is -0.136. The Hall–Kier alpha value is -2.94. The average Bonchev–Trinajstić information content (AvgIpc) is 3.15. The number of H-pyrrole nitrogens is 1. The van der Waals surface area contributed by atoms with Crippen LogP contribution in [-0.4, -0.2) is 64.1 Å². The molecule has 1 aromatic carbocycles. The first-order chi connectivity index (χ1) is 11.2. The summed E-state index contributed by atoms with van der Waals surface area (Å²) in [6, 6.07) is 5.26. The van der Waals surface area contributed by atoms with Crippen molar-refractivity contribution in [3.05, 3.63) is 29.5 Å². The molecule has 0 atom stereocenters. The highest BCUT2D eigenvalue weighted by atomic mass is 16.5. The third-order valence-corrected chi connectivity index (χ3v) is 3.56. The number of hydrogen-bond donors (Lipinski definition) is 3. The normalized spacial score (nSPS) is 14.7. The summed E-state index contributed by atoms with van der Waals surface area (Å²) in [6.07, 6.45) is 0. The van der Waals surface area contributed by atoms with Gasteiger partial charge in [-0.05, 0) is 12.1 Å². The molecule has 3 N–H and O–H groups in total. The number of β-amino-alcohol motifs (C(OH)–C–C–N with tert-alkyl or cyclic N) is 1. The van der Waals surface area contributed by atoms with Crippen LogP contribution in [0.3, 0.4) is 0 Å². The minimum atomic E-state index is -0.589. The number of nitrogens with zero attached hydrogens (tertiary/aromatic N) is 3. The number of carbonyl (C=O) groups excluding carboxylic acids is 2. The number of esters is 1. The van der Waals surface area contributed by atoms with Crippen LogP contribution >= 0.6 is 0 Å². The molecule has 1 aliphatic rings. The Morgan fingerprint density at radius 3 is 3.04 bits per heavy atom. The predicted molar refractivity (Wildman–Crippen MR) is 80.2 cm³/mol. The van der Waals surface area contributed by atoms with Crippen LogP contribution in [0.15, 0.2) is 29.5 Å². The van der Waals surface area contributed by atoms with E-state index in [1.165, 1.54) is 12.0 Å². The smallest absolute Gasteiger partial charge is 0.337 e. The third kappa shape index (κ3) is 2.61. The molecule has 0 aliphatic carbocycles. The zero-order valence-corrected chi connectivity index (χ0v) is 12.4. The maximum absolute atomic E-state index is 12.4. The number of benzene rings is 1. The third-order valence-electron chi connectivity index (χ3n) is 3.56. The number of amides is 1. The number of fused-ring (bicyclic) bond motifs is 1. The first kappa shape index (κ1) is 15.0. The molecule has 0 saturated heterocycles. The van der Waals surface area contributed by atoms with Crippen LogP contribution in [0.25, 0.3) is 11.0 Å². The van der Waals surface area contributed by atoms with Crippen LogP contribution in [0.1, 0.15) is 0 Å². The molecular weight excluding hydrogens is 302 g/mol. The van der Waals surface area contributed by atoms with E-state index in [0.29, 0.717) is 16.7 Å². The Kier molecular flexibility index (Phi) is 3.94. The highest BCUT2D eigenvalue weighted by Crippen LogP contribution is 2.26. The second-order valence-corrected chi connectivity index (χ2v) is 4.92. The Labute approximate surface area is 130 Å². The van der Waals surface area contributed by atoms with Crippen LogP contribution in [0.4, 0.5) is 5.69 Å².